The number of anilines is 1. The fourth-order valence-corrected chi connectivity index (χ4v) is 4.46. The lowest BCUT2D eigenvalue weighted by molar-refractivity contribution is -0.119. The van der Waals surface area contributed by atoms with Crippen LogP contribution in [0.1, 0.15) is 50.5 Å². The molecule has 3 rings (SSSR count). The highest BCUT2D eigenvalue weighted by Crippen LogP contribution is 2.38. The molecule has 1 amide bonds. The second kappa shape index (κ2) is 8.63. The van der Waals surface area contributed by atoms with E-state index >= 15 is 0 Å². The summed E-state index contributed by atoms with van der Waals surface area (Å²) in [6.45, 7) is 3.33. The highest BCUT2D eigenvalue weighted by atomic mass is 35.5. The number of carbonyl (C=O) groups excluding carboxylic acids is 1. The van der Waals surface area contributed by atoms with Gasteiger partial charge in [-0.15, -0.1) is 10.2 Å². The topological polar surface area (TPSA) is 104 Å². The van der Waals surface area contributed by atoms with Crippen molar-refractivity contribution in [2.45, 2.75) is 57.5 Å². The molecule has 0 aliphatic heterocycles. The Bertz CT molecular complexity index is 856. The lowest BCUT2D eigenvalue weighted by atomic mass is 9.86. The molecule has 2 N–H and O–H groups in total. The van der Waals surface area contributed by atoms with Gasteiger partial charge in [0.15, 0.2) is 5.01 Å². The van der Waals surface area contributed by atoms with E-state index in [1.54, 1.807) is 37.4 Å². The van der Waals surface area contributed by atoms with Crippen LogP contribution in [0.15, 0.2) is 12.3 Å². The van der Waals surface area contributed by atoms with Gasteiger partial charge in [0, 0.05) is 25.1 Å². The van der Waals surface area contributed by atoms with Crippen LogP contribution < -0.4 is 10.6 Å². The summed E-state index contributed by atoms with van der Waals surface area (Å²) < 4.78 is 0. The number of amides is 1. The molecule has 1 saturated carbocycles. The van der Waals surface area contributed by atoms with E-state index in [9.17, 15) is 4.79 Å². The zero-order valence-electron chi connectivity index (χ0n) is 15.2. The van der Waals surface area contributed by atoms with Gasteiger partial charge in [0.05, 0.1) is 17.3 Å². The Balaban J connectivity index is 1.75. The molecule has 0 bridgehead atoms. The van der Waals surface area contributed by atoms with Crippen LogP contribution in [-0.4, -0.2) is 33.2 Å². The molecule has 0 spiro atoms. The van der Waals surface area contributed by atoms with E-state index in [1.165, 1.54) is 0 Å². The van der Waals surface area contributed by atoms with Gasteiger partial charge < -0.3 is 10.6 Å². The van der Waals surface area contributed by atoms with Crippen LogP contribution in [0.4, 0.5) is 5.69 Å². The predicted molar refractivity (Wildman–Crippen MR) is 106 cm³/mol. The maximum absolute atomic E-state index is 11.2. The summed E-state index contributed by atoms with van der Waals surface area (Å²) in [6.07, 6.45) is 5.53. The monoisotopic (exact) mass is 404 g/mol. The summed E-state index contributed by atoms with van der Waals surface area (Å²) in [4.78, 5) is 15.4. The number of nitrogens with zero attached hydrogens (tertiary/aromatic N) is 4. The van der Waals surface area contributed by atoms with Crippen molar-refractivity contribution in [3.8, 4) is 16.6 Å². The number of halogens is 1. The van der Waals surface area contributed by atoms with E-state index in [1.807, 2.05) is 0 Å². The van der Waals surface area contributed by atoms with Crippen LogP contribution in [-0.2, 0) is 4.79 Å². The summed E-state index contributed by atoms with van der Waals surface area (Å²) >= 11 is 7.56. The molecular formula is C18H21ClN6OS. The summed E-state index contributed by atoms with van der Waals surface area (Å²) in [5, 5.41) is 26.0. The van der Waals surface area contributed by atoms with E-state index in [-0.39, 0.29) is 18.0 Å². The number of carbonyl (C=O) groups is 1. The third-order valence-corrected chi connectivity index (χ3v) is 5.92. The van der Waals surface area contributed by atoms with Gasteiger partial charge in [-0.3, -0.25) is 4.79 Å². The van der Waals surface area contributed by atoms with E-state index in [2.05, 4.69) is 31.9 Å². The summed E-state index contributed by atoms with van der Waals surface area (Å²) in [5.41, 5.74) is 1.51. The van der Waals surface area contributed by atoms with Crippen molar-refractivity contribution in [3.05, 3.63) is 22.4 Å². The number of nitrogens with one attached hydrogen (secondary N) is 2. The van der Waals surface area contributed by atoms with Gasteiger partial charge in [0.1, 0.15) is 16.2 Å². The fourth-order valence-electron chi connectivity index (χ4n) is 3.27. The SMILES string of the molecule is CC(=O)N[C@H]1CC[C@H](c2nnc(-c3cnc(Cl)cc3N[C@H](C)C#N)s2)CC1. The second-order valence-corrected chi connectivity index (χ2v) is 8.14. The minimum absolute atomic E-state index is 0.0264. The molecule has 142 valence electrons. The molecule has 1 atom stereocenters. The lowest BCUT2D eigenvalue weighted by Gasteiger charge is -2.27. The normalized spacial score (nSPS) is 20.5. The van der Waals surface area contributed by atoms with Crippen molar-refractivity contribution in [2.24, 2.45) is 0 Å². The zero-order chi connectivity index (χ0) is 19.4. The second-order valence-electron chi connectivity index (χ2n) is 6.74. The zero-order valence-corrected chi connectivity index (χ0v) is 16.8. The van der Waals surface area contributed by atoms with Crippen molar-refractivity contribution < 1.29 is 4.79 Å². The first-order valence-electron chi connectivity index (χ1n) is 8.89. The van der Waals surface area contributed by atoms with Gasteiger partial charge >= 0.3 is 0 Å². The van der Waals surface area contributed by atoms with Crippen LogP contribution >= 0.6 is 22.9 Å². The number of pyridine rings is 1. The average molecular weight is 405 g/mol. The molecule has 0 aromatic carbocycles. The Morgan fingerprint density at radius 1 is 1.37 bits per heavy atom. The smallest absolute Gasteiger partial charge is 0.217 e. The molecule has 2 heterocycles. The van der Waals surface area contributed by atoms with E-state index < -0.39 is 0 Å². The molecule has 27 heavy (non-hydrogen) atoms. The largest absolute Gasteiger partial charge is 0.369 e. The number of nitriles is 1. The number of hydrogen-bond acceptors (Lipinski definition) is 7. The molecule has 0 unspecified atom stereocenters. The van der Waals surface area contributed by atoms with Crippen LogP contribution in [0.2, 0.25) is 5.15 Å². The fraction of sp³-hybridized carbons (Fsp3) is 0.500. The van der Waals surface area contributed by atoms with Crippen LogP contribution in [0.25, 0.3) is 10.6 Å². The quantitative estimate of drug-likeness (QED) is 0.735. The molecule has 1 aliphatic carbocycles. The first-order chi connectivity index (χ1) is 13.0. The van der Waals surface area contributed by atoms with Crippen molar-refractivity contribution >= 4 is 34.5 Å². The van der Waals surface area contributed by atoms with Crippen LogP contribution in [0.3, 0.4) is 0 Å². The predicted octanol–water partition coefficient (Wildman–Crippen LogP) is 3.74. The maximum atomic E-state index is 11.2. The molecule has 2 aromatic heterocycles. The van der Waals surface area contributed by atoms with Gasteiger partial charge in [-0.05, 0) is 38.7 Å². The Morgan fingerprint density at radius 3 is 2.78 bits per heavy atom. The Morgan fingerprint density at radius 2 is 2.11 bits per heavy atom. The van der Waals surface area contributed by atoms with E-state index in [0.717, 1.165) is 46.9 Å². The minimum Gasteiger partial charge on any atom is -0.369 e. The third-order valence-electron chi connectivity index (χ3n) is 4.59. The minimum atomic E-state index is -0.362. The van der Waals surface area contributed by atoms with Gasteiger partial charge in [-0.1, -0.05) is 22.9 Å². The van der Waals surface area contributed by atoms with Crippen molar-refractivity contribution in [3.63, 3.8) is 0 Å². The summed E-state index contributed by atoms with van der Waals surface area (Å²) in [7, 11) is 0. The number of aromatic nitrogens is 3. The molecule has 1 fully saturated rings. The molecular weight excluding hydrogens is 384 g/mol. The average Bonchev–Trinajstić information content (AvgIpc) is 3.11. The van der Waals surface area contributed by atoms with Crippen molar-refractivity contribution in [1.29, 1.82) is 5.26 Å². The molecule has 9 heteroatoms. The summed E-state index contributed by atoms with van der Waals surface area (Å²) in [6, 6.07) is 3.74. The van der Waals surface area contributed by atoms with Crippen molar-refractivity contribution in [2.75, 3.05) is 5.32 Å². The molecule has 2 aromatic rings. The van der Waals surface area contributed by atoms with Gasteiger partial charge in [-0.25, -0.2) is 4.98 Å². The lowest BCUT2D eigenvalue weighted by Crippen LogP contribution is -2.35. The Hall–Kier alpha value is -2.24. The van der Waals surface area contributed by atoms with Crippen LogP contribution in [0.5, 0.6) is 0 Å². The highest BCUT2D eigenvalue weighted by molar-refractivity contribution is 7.14. The van der Waals surface area contributed by atoms with Crippen molar-refractivity contribution in [1.82, 2.24) is 20.5 Å². The Labute approximate surface area is 167 Å². The molecule has 0 saturated heterocycles. The van der Waals surface area contributed by atoms with Gasteiger partial charge in [0.25, 0.3) is 0 Å². The molecule has 7 nitrogen and oxygen atoms in total. The van der Waals surface area contributed by atoms with E-state index in [4.69, 9.17) is 16.9 Å². The van der Waals surface area contributed by atoms with E-state index in [0.29, 0.717) is 11.1 Å². The van der Waals surface area contributed by atoms with Crippen LogP contribution in [0, 0.1) is 11.3 Å². The number of hydrogen-bond donors (Lipinski definition) is 2. The van der Waals surface area contributed by atoms with Gasteiger partial charge in [0.2, 0.25) is 5.91 Å². The standard InChI is InChI=1S/C18H21ClN6OS/c1-10(8-20)22-15-7-16(19)21-9-14(15)18-25-24-17(27-18)12-3-5-13(6-4-12)23-11(2)26/h7,9-10,12-13H,3-6H2,1-2H3,(H,21,22)(H,23,26)/t10-,12-,13-/m1/s1. The maximum Gasteiger partial charge on any atom is 0.217 e. The Kier molecular flexibility index (Phi) is 6.24. The molecule has 0 radical (unpaired) electrons. The highest BCUT2D eigenvalue weighted by Gasteiger charge is 2.26. The molecule has 1 aliphatic rings. The first kappa shape index (κ1) is 19.5. The third kappa shape index (κ3) is 4.93. The number of rotatable bonds is 5. The summed E-state index contributed by atoms with van der Waals surface area (Å²) in [5.74, 6) is 0.384. The first-order valence-corrected chi connectivity index (χ1v) is 10.1. The van der Waals surface area contributed by atoms with Gasteiger partial charge in [-0.2, -0.15) is 5.26 Å².